The molecule has 0 saturated heterocycles. The minimum atomic E-state index is 1.32. The SMILES string of the molecule is CC.Cc1ccccc1.[NH3+]O. The number of hydrogen-bond acceptors (Lipinski definition) is 1. The number of hydrogen-bond donors (Lipinski definition) is 2. The molecule has 4 N–H and O–H groups in total. The van der Waals surface area contributed by atoms with Crippen molar-refractivity contribution in [3.63, 3.8) is 0 Å². The summed E-state index contributed by atoms with van der Waals surface area (Å²) >= 11 is 0. The Hall–Kier alpha value is -0.860. The normalized spacial score (nSPS) is 6.64. The van der Waals surface area contributed by atoms with Gasteiger partial charge in [-0.3, -0.25) is 0 Å². The van der Waals surface area contributed by atoms with Gasteiger partial charge in [0, 0.05) is 0 Å². The molecule has 0 fully saturated rings. The predicted molar refractivity (Wildman–Crippen MR) is 47.2 cm³/mol. The molecule has 0 unspecified atom stereocenters. The molecule has 0 spiro atoms. The molecule has 64 valence electrons. The van der Waals surface area contributed by atoms with E-state index in [2.05, 4.69) is 25.0 Å². The van der Waals surface area contributed by atoms with Gasteiger partial charge in [-0.05, 0) is 6.92 Å². The smallest absolute Gasteiger partial charge is 0.0398 e. The highest BCUT2D eigenvalue weighted by Gasteiger charge is 1.72. The first kappa shape index (κ1) is 12.8. The van der Waals surface area contributed by atoms with Crippen LogP contribution in [0.4, 0.5) is 0 Å². The molecule has 11 heavy (non-hydrogen) atoms. The summed E-state index contributed by atoms with van der Waals surface area (Å²) in [6.07, 6.45) is 0. The van der Waals surface area contributed by atoms with E-state index in [1.54, 1.807) is 0 Å². The highest BCUT2D eigenvalue weighted by atomic mass is 16.4. The van der Waals surface area contributed by atoms with Gasteiger partial charge in [0.2, 0.25) is 0 Å². The fourth-order valence-corrected chi connectivity index (χ4v) is 0.534. The van der Waals surface area contributed by atoms with Crippen LogP contribution in [0.15, 0.2) is 30.3 Å². The molecule has 2 heteroatoms. The summed E-state index contributed by atoms with van der Waals surface area (Å²) in [6.45, 7) is 6.08. The zero-order valence-corrected chi connectivity index (χ0v) is 7.54. The summed E-state index contributed by atoms with van der Waals surface area (Å²) in [4.78, 5) is 0. The van der Waals surface area contributed by atoms with E-state index in [1.165, 1.54) is 5.56 Å². The second kappa shape index (κ2) is 11.9. The zero-order valence-electron chi connectivity index (χ0n) is 7.54. The maximum atomic E-state index is 6.75. The van der Waals surface area contributed by atoms with E-state index in [1.807, 2.05) is 32.0 Å². The highest BCUT2D eigenvalue weighted by Crippen LogP contribution is 1.92. The number of rotatable bonds is 0. The van der Waals surface area contributed by atoms with Gasteiger partial charge in [0.1, 0.15) is 0 Å². The van der Waals surface area contributed by atoms with Gasteiger partial charge in [-0.1, -0.05) is 49.7 Å². The van der Waals surface area contributed by atoms with Gasteiger partial charge in [-0.25, -0.2) is 11.1 Å². The lowest BCUT2D eigenvalue weighted by molar-refractivity contribution is -0.670. The predicted octanol–water partition coefficient (Wildman–Crippen LogP) is 1.64. The first-order valence-corrected chi connectivity index (χ1v) is 3.73. The first-order chi connectivity index (χ1) is 5.39. The van der Waals surface area contributed by atoms with E-state index in [9.17, 15) is 0 Å². The van der Waals surface area contributed by atoms with E-state index >= 15 is 0 Å². The lowest BCUT2D eigenvalue weighted by atomic mass is 10.2. The van der Waals surface area contributed by atoms with E-state index in [-0.39, 0.29) is 0 Å². The van der Waals surface area contributed by atoms with Gasteiger partial charge < -0.3 is 0 Å². The summed E-state index contributed by atoms with van der Waals surface area (Å²) in [6, 6.07) is 10.3. The summed E-state index contributed by atoms with van der Waals surface area (Å²) in [5, 5.41) is 6.75. The van der Waals surface area contributed by atoms with Gasteiger partial charge in [-0.2, -0.15) is 0 Å². The molecular weight excluding hydrogens is 138 g/mol. The van der Waals surface area contributed by atoms with Crippen LogP contribution in [-0.4, -0.2) is 5.21 Å². The molecule has 1 aromatic rings. The van der Waals surface area contributed by atoms with Crippen molar-refractivity contribution in [2.75, 3.05) is 0 Å². The molecule has 0 heterocycles. The van der Waals surface area contributed by atoms with Crippen LogP contribution >= 0.6 is 0 Å². The Morgan fingerprint density at radius 1 is 1.00 bits per heavy atom. The number of quaternary nitrogens is 1. The quantitative estimate of drug-likeness (QED) is 0.551. The Kier molecular flexibility index (Phi) is 13.8. The fourth-order valence-electron chi connectivity index (χ4n) is 0.534. The Labute approximate surface area is 68.6 Å². The van der Waals surface area contributed by atoms with Crippen LogP contribution in [0.5, 0.6) is 0 Å². The molecule has 2 nitrogen and oxygen atoms in total. The highest BCUT2D eigenvalue weighted by molar-refractivity contribution is 5.11. The second-order valence-electron chi connectivity index (χ2n) is 1.65. The number of benzene rings is 1. The van der Waals surface area contributed by atoms with Crippen LogP contribution in [0.3, 0.4) is 0 Å². The van der Waals surface area contributed by atoms with Crippen molar-refractivity contribution in [1.29, 1.82) is 0 Å². The minimum absolute atomic E-state index is 1.32. The maximum Gasteiger partial charge on any atom is -0.0398 e. The molecular formula is C9H18NO+. The molecule has 1 rings (SSSR count). The van der Waals surface area contributed by atoms with Gasteiger partial charge in [-0.15, -0.1) is 0 Å². The second-order valence-corrected chi connectivity index (χ2v) is 1.65. The van der Waals surface area contributed by atoms with Crippen LogP contribution in [0.25, 0.3) is 0 Å². The lowest BCUT2D eigenvalue weighted by Gasteiger charge is -1.82. The van der Waals surface area contributed by atoms with Gasteiger partial charge in [0.15, 0.2) is 0 Å². The number of aryl methyl sites for hydroxylation is 1. The standard InChI is InChI=1S/C7H8.C2H6.H4NO/c1-7-5-3-2-4-6-7;2*1-2/h2-6H,1H3;1-2H3;2H,1H3/q;;+1. The maximum absolute atomic E-state index is 6.75. The molecule has 0 aromatic heterocycles. The Morgan fingerprint density at radius 2 is 1.36 bits per heavy atom. The van der Waals surface area contributed by atoms with E-state index in [0.29, 0.717) is 0 Å². The van der Waals surface area contributed by atoms with Crippen molar-refractivity contribution in [2.45, 2.75) is 20.8 Å². The summed E-state index contributed by atoms with van der Waals surface area (Å²) in [5.41, 5.74) is 1.32. The summed E-state index contributed by atoms with van der Waals surface area (Å²) in [7, 11) is 0. The molecule has 0 bridgehead atoms. The average Bonchev–Trinajstić information content (AvgIpc) is 2.13. The molecule has 0 amide bonds. The largest absolute Gasteiger partial charge is 0.222 e. The average molecular weight is 156 g/mol. The fraction of sp³-hybridized carbons (Fsp3) is 0.333. The van der Waals surface area contributed by atoms with Crippen molar-refractivity contribution in [3.05, 3.63) is 35.9 Å². The molecule has 0 atom stereocenters. The minimum Gasteiger partial charge on any atom is -0.222 e. The molecule has 0 aliphatic heterocycles. The van der Waals surface area contributed by atoms with Crippen molar-refractivity contribution in [1.82, 2.24) is 0 Å². The lowest BCUT2D eigenvalue weighted by Crippen LogP contribution is -2.42. The third kappa shape index (κ3) is 9.14. The van der Waals surface area contributed by atoms with Gasteiger partial charge in [0.25, 0.3) is 0 Å². The van der Waals surface area contributed by atoms with Crippen molar-refractivity contribution in [3.8, 4) is 0 Å². The van der Waals surface area contributed by atoms with E-state index in [0.717, 1.165) is 0 Å². The molecule has 0 radical (unpaired) electrons. The van der Waals surface area contributed by atoms with Crippen molar-refractivity contribution < 1.29 is 11.1 Å². The van der Waals surface area contributed by atoms with Crippen LogP contribution in [-0.2, 0) is 0 Å². The topological polar surface area (TPSA) is 47.9 Å². The molecule has 0 saturated carbocycles. The monoisotopic (exact) mass is 156 g/mol. The van der Waals surface area contributed by atoms with Gasteiger partial charge in [0.05, 0.1) is 0 Å². The van der Waals surface area contributed by atoms with E-state index in [4.69, 9.17) is 5.21 Å². The van der Waals surface area contributed by atoms with Crippen LogP contribution in [0, 0.1) is 6.92 Å². The third-order valence-corrected chi connectivity index (χ3v) is 0.940. The van der Waals surface area contributed by atoms with Gasteiger partial charge >= 0.3 is 0 Å². The van der Waals surface area contributed by atoms with Crippen molar-refractivity contribution >= 4 is 0 Å². The van der Waals surface area contributed by atoms with Crippen molar-refractivity contribution in [2.24, 2.45) is 0 Å². The van der Waals surface area contributed by atoms with Crippen LogP contribution in [0.2, 0.25) is 0 Å². The molecule has 1 aromatic carbocycles. The first-order valence-electron chi connectivity index (χ1n) is 3.73. The summed E-state index contributed by atoms with van der Waals surface area (Å²) in [5.74, 6) is 2.25. The van der Waals surface area contributed by atoms with Crippen LogP contribution in [0.1, 0.15) is 19.4 Å². The molecule has 0 aliphatic rings. The molecule has 0 aliphatic carbocycles. The Balaban J connectivity index is 0. The Morgan fingerprint density at radius 3 is 1.55 bits per heavy atom. The summed E-state index contributed by atoms with van der Waals surface area (Å²) < 4.78 is 0. The van der Waals surface area contributed by atoms with Crippen LogP contribution < -0.4 is 5.90 Å². The third-order valence-electron chi connectivity index (χ3n) is 0.940. The zero-order chi connectivity index (χ0) is 9.11. The van der Waals surface area contributed by atoms with E-state index < -0.39 is 0 Å². The Bertz CT molecular complexity index is 139.